The van der Waals surface area contributed by atoms with Crippen LogP contribution in [0.2, 0.25) is 0 Å². The van der Waals surface area contributed by atoms with Crippen molar-refractivity contribution in [1.82, 2.24) is 20.4 Å². The molecule has 0 aliphatic carbocycles. The van der Waals surface area contributed by atoms with Crippen molar-refractivity contribution in [3.8, 4) is 0 Å². The maximum absolute atomic E-state index is 12.1. The SMILES string of the molecule is Cc1cc(C(=O)N2C[C@H]3CNC[C@H]3C2)n[nH]1.Cl. The lowest BCUT2D eigenvalue weighted by atomic mass is 10.0. The van der Waals surface area contributed by atoms with E-state index < -0.39 is 0 Å². The van der Waals surface area contributed by atoms with E-state index in [-0.39, 0.29) is 18.3 Å². The van der Waals surface area contributed by atoms with E-state index >= 15 is 0 Å². The van der Waals surface area contributed by atoms with Gasteiger partial charge in [0, 0.05) is 31.9 Å². The summed E-state index contributed by atoms with van der Waals surface area (Å²) in [6.07, 6.45) is 0. The van der Waals surface area contributed by atoms with Crippen molar-refractivity contribution in [2.24, 2.45) is 11.8 Å². The Morgan fingerprint density at radius 2 is 2.06 bits per heavy atom. The van der Waals surface area contributed by atoms with Crippen molar-refractivity contribution in [2.45, 2.75) is 6.92 Å². The van der Waals surface area contributed by atoms with Crippen LogP contribution in [-0.4, -0.2) is 47.2 Å². The van der Waals surface area contributed by atoms with E-state index in [0.29, 0.717) is 17.5 Å². The summed E-state index contributed by atoms with van der Waals surface area (Å²) in [4.78, 5) is 14.1. The Balaban J connectivity index is 0.00000108. The molecule has 0 radical (unpaired) electrons. The fraction of sp³-hybridized carbons (Fsp3) is 0.636. The first-order valence-electron chi connectivity index (χ1n) is 5.76. The van der Waals surface area contributed by atoms with Gasteiger partial charge in [-0.1, -0.05) is 0 Å². The highest BCUT2D eigenvalue weighted by Crippen LogP contribution is 2.27. The number of nitrogens with zero attached hydrogens (tertiary/aromatic N) is 2. The maximum Gasteiger partial charge on any atom is 0.274 e. The minimum Gasteiger partial charge on any atom is -0.337 e. The number of hydrogen-bond donors (Lipinski definition) is 2. The number of hydrogen-bond acceptors (Lipinski definition) is 3. The smallest absolute Gasteiger partial charge is 0.274 e. The van der Waals surface area contributed by atoms with Crippen molar-refractivity contribution < 1.29 is 4.79 Å². The fourth-order valence-corrected chi connectivity index (χ4v) is 2.71. The summed E-state index contributed by atoms with van der Waals surface area (Å²) < 4.78 is 0. The predicted molar refractivity (Wildman–Crippen MR) is 66.3 cm³/mol. The number of halogens is 1. The second-order valence-electron chi connectivity index (χ2n) is 4.82. The number of aryl methyl sites for hydroxylation is 1. The number of aromatic amines is 1. The normalized spacial score (nSPS) is 26.8. The molecule has 0 spiro atoms. The van der Waals surface area contributed by atoms with Crippen molar-refractivity contribution in [2.75, 3.05) is 26.2 Å². The molecule has 0 aromatic carbocycles. The molecule has 2 saturated heterocycles. The zero-order valence-electron chi connectivity index (χ0n) is 9.77. The minimum absolute atomic E-state index is 0. The highest BCUT2D eigenvalue weighted by atomic mass is 35.5. The number of aromatic nitrogens is 2. The van der Waals surface area contributed by atoms with Gasteiger partial charge in [-0.25, -0.2) is 0 Å². The first-order valence-corrected chi connectivity index (χ1v) is 5.76. The molecule has 2 aliphatic heterocycles. The molecule has 3 heterocycles. The quantitative estimate of drug-likeness (QED) is 0.766. The van der Waals surface area contributed by atoms with Crippen LogP contribution in [0.4, 0.5) is 0 Å². The topological polar surface area (TPSA) is 61.0 Å². The lowest BCUT2D eigenvalue weighted by molar-refractivity contribution is 0.0776. The molecule has 2 N–H and O–H groups in total. The van der Waals surface area contributed by atoms with Crippen molar-refractivity contribution >= 4 is 18.3 Å². The van der Waals surface area contributed by atoms with Crippen LogP contribution in [0, 0.1) is 18.8 Å². The third kappa shape index (κ3) is 2.17. The van der Waals surface area contributed by atoms with Crippen LogP contribution < -0.4 is 5.32 Å². The van der Waals surface area contributed by atoms with Crippen LogP contribution in [0.3, 0.4) is 0 Å². The lowest BCUT2D eigenvalue weighted by Crippen LogP contribution is -2.32. The molecule has 2 atom stereocenters. The molecule has 17 heavy (non-hydrogen) atoms. The number of nitrogens with one attached hydrogen (secondary N) is 2. The summed E-state index contributed by atoms with van der Waals surface area (Å²) >= 11 is 0. The molecular formula is C11H17ClN4O. The monoisotopic (exact) mass is 256 g/mol. The van der Waals surface area contributed by atoms with E-state index in [1.54, 1.807) is 0 Å². The molecular weight excluding hydrogens is 240 g/mol. The molecule has 0 saturated carbocycles. The summed E-state index contributed by atoms with van der Waals surface area (Å²) in [7, 11) is 0. The number of carbonyl (C=O) groups excluding carboxylic acids is 1. The van der Waals surface area contributed by atoms with Gasteiger partial charge in [-0.15, -0.1) is 12.4 Å². The van der Waals surface area contributed by atoms with Crippen molar-refractivity contribution in [3.63, 3.8) is 0 Å². The number of fused-ring (bicyclic) bond motifs is 1. The first kappa shape index (κ1) is 12.4. The predicted octanol–water partition coefficient (Wildman–Crippen LogP) is 0.431. The van der Waals surface area contributed by atoms with Crippen LogP contribution in [0.15, 0.2) is 6.07 Å². The summed E-state index contributed by atoms with van der Waals surface area (Å²) in [6.45, 7) is 5.76. The third-order valence-corrected chi connectivity index (χ3v) is 3.60. The molecule has 6 heteroatoms. The third-order valence-electron chi connectivity index (χ3n) is 3.60. The average molecular weight is 257 g/mol. The van der Waals surface area contributed by atoms with Crippen LogP contribution >= 0.6 is 12.4 Å². The lowest BCUT2D eigenvalue weighted by Gasteiger charge is -2.15. The van der Waals surface area contributed by atoms with Crippen molar-refractivity contribution in [3.05, 3.63) is 17.5 Å². The molecule has 0 bridgehead atoms. The fourth-order valence-electron chi connectivity index (χ4n) is 2.71. The van der Waals surface area contributed by atoms with Crippen LogP contribution in [0.25, 0.3) is 0 Å². The molecule has 1 aromatic heterocycles. The highest BCUT2D eigenvalue weighted by Gasteiger charge is 2.38. The first-order chi connectivity index (χ1) is 7.74. The molecule has 1 amide bonds. The summed E-state index contributed by atoms with van der Waals surface area (Å²) in [5.41, 5.74) is 1.48. The molecule has 1 aromatic rings. The Bertz CT molecular complexity index is 407. The van der Waals surface area contributed by atoms with E-state index in [9.17, 15) is 4.79 Å². The second-order valence-corrected chi connectivity index (χ2v) is 4.82. The maximum atomic E-state index is 12.1. The van der Waals surface area contributed by atoms with Crippen molar-refractivity contribution in [1.29, 1.82) is 0 Å². The van der Waals surface area contributed by atoms with Gasteiger partial charge in [0.15, 0.2) is 0 Å². The molecule has 94 valence electrons. The van der Waals surface area contributed by atoms with Gasteiger partial charge in [0.1, 0.15) is 5.69 Å². The highest BCUT2D eigenvalue weighted by molar-refractivity contribution is 5.92. The zero-order valence-corrected chi connectivity index (χ0v) is 10.6. The van der Waals surface area contributed by atoms with E-state index in [1.165, 1.54) is 0 Å². The molecule has 2 fully saturated rings. The molecule has 2 aliphatic rings. The summed E-state index contributed by atoms with van der Waals surface area (Å²) in [5, 5.41) is 10.2. The summed E-state index contributed by atoms with van der Waals surface area (Å²) in [6, 6.07) is 1.81. The number of amides is 1. The van der Waals surface area contributed by atoms with E-state index in [1.807, 2.05) is 17.9 Å². The largest absolute Gasteiger partial charge is 0.337 e. The van der Waals surface area contributed by atoms with E-state index in [2.05, 4.69) is 15.5 Å². The standard InChI is InChI=1S/C11H16N4O.ClH/c1-7-2-10(14-13-7)11(16)15-5-8-3-12-4-9(8)6-15;/h2,8-9,12H,3-6H2,1H3,(H,13,14);1H/t8-,9+;. The Hall–Kier alpha value is -1.07. The van der Waals surface area contributed by atoms with Gasteiger partial charge in [0.2, 0.25) is 0 Å². The van der Waals surface area contributed by atoms with Gasteiger partial charge in [0.05, 0.1) is 0 Å². The number of H-pyrrole nitrogens is 1. The van der Waals surface area contributed by atoms with Crippen LogP contribution in [-0.2, 0) is 0 Å². The number of rotatable bonds is 1. The number of carbonyl (C=O) groups is 1. The van der Waals surface area contributed by atoms with Crippen LogP contribution in [0.1, 0.15) is 16.2 Å². The van der Waals surface area contributed by atoms with Crippen LogP contribution in [0.5, 0.6) is 0 Å². The number of likely N-dealkylation sites (tertiary alicyclic amines) is 1. The molecule has 3 rings (SSSR count). The Morgan fingerprint density at radius 1 is 1.41 bits per heavy atom. The average Bonchev–Trinajstić information content (AvgIpc) is 2.89. The van der Waals surface area contributed by atoms with Gasteiger partial charge < -0.3 is 10.2 Å². The Morgan fingerprint density at radius 3 is 2.59 bits per heavy atom. The molecule has 5 nitrogen and oxygen atoms in total. The molecule has 0 unspecified atom stereocenters. The minimum atomic E-state index is 0. The van der Waals surface area contributed by atoms with Gasteiger partial charge in [-0.2, -0.15) is 5.10 Å². The van der Waals surface area contributed by atoms with E-state index in [0.717, 1.165) is 31.9 Å². The van der Waals surface area contributed by atoms with Gasteiger partial charge >= 0.3 is 0 Å². The second kappa shape index (κ2) is 4.66. The van der Waals surface area contributed by atoms with E-state index in [4.69, 9.17) is 0 Å². The zero-order chi connectivity index (χ0) is 11.1. The summed E-state index contributed by atoms with van der Waals surface area (Å²) in [5.74, 6) is 1.35. The van der Waals surface area contributed by atoms with Gasteiger partial charge in [0.25, 0.3) is 5.91 Å². The van der Waals surface area contributed by atoms with Gasteiger partial charge in [-0.3, -0.25) is 9.89 Å². The Kier molecular flexibility index (Phi) is 3.40. The van der Waals surface area contributed by atoms with Gasteiger partial charge in [-0.05, 0) is 24.8 Å². The Labute approximate surface area is 106 Å².